The number of sulfonamides is 1. The molecule has 0 radical (unpaired) electrons. The summed E-state index contributed by atoms with van der Waals surface area (Å²) in [5.41, 5.74) is 6.34. The molecule has 0 saturated heterocycles. The van der Waals surface area contributed by atoms with Crippen LogP contribution in [0, 0.1) is 5.82 Å². The Morgan fingerprint density at radius 3 is 2.35 bits per heavy atom. The van der Waals surface area contributed by atoms with Crippen molar-refractivity contribution in [1.82, 2.24) is 0 Å². The predicted molar refractivity (Wildman–Crippen MR) is 80.5 cm³/mol. The highest BCUT2D eigenvalue weighted by atomic mass is 79.9. The first-order valence-electron chi connectivity index (χ1n) is 5.62. The standard InChI is InChI=1S/C13H12BrFN2O2S/c1-17(11-5-2-9(15)3-6-11)20(18,19)13-8-10(16)4-7-12(13)14/h2-8H,16H2,1H3. The van der Waals surface area contributed by atoms with E-state index in [1.165, 1.54) is 37.4 Å². The van der Waals surface area contributed by atoms with Crippen LogP contribution in [0.3, 0.4) is 0 Å². The van der Waals surface area contributed by atoms with Gasteiger partial charge in [-0.3, -0.25) is 4.31 Å². The zero-order valence-corrected chi connectivity index (χ0v) is 12.9. The SMILES string of the molecule is CN(c1ccc(F)cc1)S(=O)(=O)c1cc(N)ccc1Br. The Kier molecular flexibility index (Phi) is 4.01. The van der Waals surface area contributed by atoms with E-state index in [4.69, 9.17) is 5.73 Å². The molecule has 0 aliphatic rings. The summed E-state index contributed by atoms with van der Waals surface area (Å²) in [6.07, 6.45) is 0. The number of nitrogens with two attached hydrogens (primary N) is 1. The summed E-state index contributed by atoms with van der Waals surface area (Å²) in [7, 11) is -2.37. The van der Waals surface area contributed by atoms with Crippen molar-refractivity contribution in [2.75, 3.05) is 17.1 Å². The minimum atomic E-state index is -3.77. The molecule has 7 heteroatoms. The molecule has 0 spiro atoms. The molecule has 2 N–H and O–H groups in total. The lowest BCUT2D eigenvalue weighted by atomic mass is 10.3. The molecule has 0 amide bonds. The lowest BCUT2D eigenvalue weighted by Gasteiger charge is -2.20. The second-order valence-electron chi connectivity index (χ2n) is 4.14. The van der Waals surface area contributed by atoms with Crippen LogP contribution < -0.4 is 10.0 Å². The molecule has 0 fully saturated rings. The lowest BCUT2D eigenvalue weighted by Crippen LogP contribution is -2.27. The molecule has 2 aromatic carbocycles. The van der Waals surface area contributed by atoms with Crippen LogP contribution in [-0.4, -0.2) is 15.5 Å². The van der Waals surface area contributed by atoms with E-state index >= 15 is 0 Å². The third-order valence-corrected chi connectivity index (χ3v) is 5.56. The van der Waals surface area contributed by atoms with Gasteiger partial charge in [0.25, 0.3) is 10.0 Å². The Morgan fingerprint density at radius 2 is 1.75 bits per heavy atom. The van der Waals surface area contributed by atoms with Crippen molar-refractivity contribution in [3.05, 3.63) is 52.8 Å². The largest absolute Gasteiger partial charge is 0.399 e. The molecular formula is C13H12BrFN2O2S. The topological polar surface area (TPSA) is 63.4 Å². The van der Waals surface area contributed by atoms with E-state index in [9.17, 15) is 12.8 Å². The first-order valence-corrected chi connectivity index (χ1v) is 7.85. The quantitative estimate of drug-likeness (QED) is 0.857. The van der Waals surface area contributed by atoms with Crippen molar-refractivity contribution in [1.29, 1.82) is 0 Å². The van der Waals surface area contributed by atoms with Gasteiger partial charge >= 0.3 is 0 Å². The summed E-state index contributed by atoms with van der Waals surface area (Å²) >= 11 is 3.20. The van der Waals surface area contributed by atoms with E-state index in [1.807, 2.05) is 0 Å². The van der Waals surface area contributed by atoms with Crippen molar-refractivity contribution in [2.45, 2.75) is 4.90 Å². The number of halogens is 2. The Morgan fingerprint density at radius 1 is 1.15 bits per heavy atom. The third-order valence-electron chi connectivity index (χ3n) is 2.78. The summed E-state index contributed by atoms with van der Waals surface area (Å²) in [5, 5.41) is 0. The zero-order chi connectivity index (χ0) is 14.9. The van der Waals surface area contributed by atoms with Crippen LogP contribution in [0.1, 0.15) is 0 Å². The van der Waals surface area contributed by atoms with E-state index in [1.54, 1.807) is 12.1 Å². The molecule has 0 aromatic heterocycles. The lowest BCUT2D eigenvalue weighted by molar-refractivity contribution is 0.593. The molecule has 0 aliphatic heterocycles. The Balaban J connectivity index is 2.49. The maximum absolute atomic E-state index is 12.9. The van der Waals surface area contributed by atoms with Crippen molar-refractivity contribution in [3.8, 4) is 0 Å². The fraction of sp³-hybridized carbons (Fsp3) is 0.0769. The van der Waals surface area contributed by atoms with E-state index in [0.29, 0.717) is 15.8 Å². The smallest absolute Gasteiger partial charge is 0.265 e. The second kappa shape index (κ2) is 5.41. The molecule has 20 heavy (non-hydrogen) atoms. The minimum absolute atomic E-state index is 0.0596. The molecule has 0 atom stereocenters. The fourth-order valence-corrected chi connectivity index (χ4v) is 3.81. The van der Waals surface area contributed by atoms with E-state index in [0.717, 1.165) is 4.31 Å². The monoisotopic (exact) mass is 358 g/mol. The molecule has 4 nitrogen and oxygen atoms in total. The number of benzene rings is 2. The number of hydrogen-bond donors (Lipinski definition) is 1. The van der Waals surface area contributed by atoms with Gasteiger partial charge in [0.2, 0.25) is 0 Å². The van der Waals surface area contributed by atoms with Crippen LogP contribution in [0.25, 0.3) is 0 Å². The Labute approximate surface area is 125 Å². The number of hydrogen-bond acceptors (Lipinski definition) is 3. The third kappa shape index (κ3) is 2.78. The maximum atomic E-state index is 12.9. The van der Waals surface area contributed by atoms with Gasteiger partial charge in [-0.25, -0.2) is 12.8 Å². The van der Waals surface area contributed by atoms with Crippen molar-refractivity contribution in [2.24, 2.45) is 0 Å². The van der Waals surface area contributed by atoms with Crippen LogP contribution in [-0.2, 0) is 10.0 Å². The van der Waals surface area contributed by atoms with Crippen molar-refractivity contribution in [3.63, 3.8) is 0 Å². The first-order chi connectivity index (χ1) is 9.32. The summed E-state index contributed by atoms with van der Waals surface area (Å²) in [4.78, 5) is 0.0596. The van der Waals surface area contributed by atoms with Gasteiger partial charge in [0.1, 0.15) is 10.7 Å². The summed E-state index contributed by atoms with van der Waals surface area (Å²) in [6.45, 7) is 0. The molecule has 0 aliphatic carbocycles. The molecule has 0 heterocycles. The zero-order valence-electron chi connectivity index (χ0n) is 10.5. The Bertz CT molecular complexity index is 733. The van der Waals surface area contributed by atoms with E-state index in [-0.39, 0.29) is 4.90 Å². The van der Waals surface area contributed by atoms with Gasteiger partial charge in [-0.15, -0.1) is 0 Å². The second-order valence-corrected chi connectivity index (χ2v) is 6.93. The van der Waals surface area contributed by atoms with Gasteiger partial charge in [0.05, 0.1) is 5.69 Å². The van der Waals surface area contributed by atoms with Gasteiger partial charge < -0.3 is 5.73 Å². The highest BCUT2D eigenvalue weighted by Gasteiger charge is 2.24. The number of nitrogen functional groups attached to an aromatic ring is 1. The average Bonchev–Trinajstić information content (AvgIpc) is 2.41. The predicted octanol–water partition coefficient (Wildman–Crippen LogP) is 3.00. The summed E-state index contributed by atoms with van der Waals surface area (Å²) in [6, 6.07) is 9.74. The molecule has 0 saturated carbocycles. The maximum Gasteiger partial charge on any atom is 0.265 e. The van der Waals surface area contributed by atoms with E-state index < -0.39 is 15.8 Å². The van der Waals surface area contributed by atoms with Gasteiger partial charge in [-0.1, -0.05) is 0 Å². The highest BCUT2D eigenvalue weighted by Crippen LogP contribution is 2.29. The van der Waals surface area contributed by atoms with Crippen molar-refractivity contribution < 1.29 is 12.8 Å². The van der Waals surface area contributed by atoms with Crippen LogP contribution in [0.4, 0.5) is 15.8 Å². The molecule has 2 aromatic rings. The van der Waals surface area contributed by atoms with Crippen LogP contribution in [0.2, 0.25) is 0 Å². The first kappa shape index (κ1) is 14.8. The van der Waals surface area contributed by atoms with Gasteiger partial charge in [0.15, 0.2) is 0 Å². The number of rotatable bonds is 3. The number of anilines is 2. The molecule has 0 bridgehead atoms. The summed E-state index contributed by atoms with van der Waals surface area (Å²) < 4.78 is 39.5. The molecule has 0 unspecified atom stereocenters. The molecule has 2 rings (SSSR count). The Hall–Kier alpha value is -1.60. The van der Waals surface area contributed by atoms with Crippen molar-refractivity contribution >= 4 is 37.3 Å². The fourth-order valence-electron chi connectivity index (χ4n) is 1.65. The van der Waals surface area contributed by atoms with E-state index in [2.05, 4.69) is 15.9 Å². The van der Waals surface area contributed by atoms with Gasteiger partial charge in [-0.05, 0) is 58.4 Å². The van der Waals surface area contributed by atoms with Crippen LogP contribution >= 0.6 is 15.9 Å². The van der Waals surface area contributed by atoms with Crippen LogP contribution in [0.5, 0.6) is 0 Å². The van der Waals surface area contributed by atoms with Gasteiger partial charge in [-0.2, -0.15) is 0 Å². The average molecular weight is 359 g/mol. The molecule has 106 valence electrons. The highest BCUT2D eigenvalue weighted by molar-refractivity contribution is 9.10. The van der Waals surface area contributed by atoms with Gasteiger partial charge in [0, 0.05) is 17.2 Å². The number of nitrogens with zero attached hydrogens (tertiary/aromatic N) is 1. The minimum Gasteiger partial charge on any atom is -0.399 e. The van der Waals surface area contributed by atoms with Crippen LogP contribution in [0.15, 0.2) is 51.8 Å². The normalized spacial score (nSPS) is 11.3. The summed E-state index contributed by atoms with van der Waals surface area (Å²) in [5.74, 6) is -0.426. The molecular weight excluding hydrogens is 347 g/mol.